The fourth-order valence-electron chi connectivity index (χ4n) is 3.97. The van der Waals surface area contributed by atoms with Gasteiger partial charge in [0.15, 0.2) is 12.1 Å². The number of nitrogens with zero attached hydrogens (tertiary/aromatic N) is 1. The number of nitrogens with one attached hydrogen (secondary N) is 2. The van der Waals surface area contributed by atoms with Crippen LogP contribution in [0, 0.1) is 6.92 Å². The molecule has 2 atom stereocenters. The Balaban J connectivity index is 1.53. The molecule has 0 aromatic heterocycles. The van der Waals surface area contributed by atoms with E-state index in [0.717, 1.165) is 11.1 Å². The first kappa shape index (κ1) is 24.3. The summed E-state index contributed by atoms with van der Waals surface area (Å²) in [5, 5.41) is 6.10. The summed E-state index contributed by atoms with van der Waals surface area (Å²) in [6, 6.07) is 20.5. The summed E-state index contributed by atoms with van der Waals surface area (Å²) in [5.74, 6) is -0.578. The van der Waals surface area contributed by atoms with Gasteiger partial charge < -0.3 is 15.4 Å². The Morgan fingerprint density at radius 1 is 1.03 bits per heavy atom. The molecule has 0 bridgehead atoms. The van der Waals surface area contributed by atoms with Crippen LogP contribution in [0.3, 0.4) is 0 Å². The average molecular weight is 492 g/mol. The second kappa shape index (κ2) is 10.6. The van der Waals surface area contributed by atoms with Gasteiger partial charge in [-0.25, -0.2) is 4.79 Å². The van der Waals surface area contributed by atoms with Crippen molar-refractivity contribution in [1.82, 2.24) is 10.2 Å². The molecular weight excluding hydrogens is 466 g/mol. The molecule has 0 spiro atoms. The van der Waals surface area contributed by atoms with Crippen molar-refractivity contribution in [2.75, 3.05) is 11.9 Å². The molecule has 1 fully saturated rings. The molecule has 180 valence electrons. The van der Waals surface area contributed by atoms with E-state index in [4.69, 9.17) is 16.3 Å². The Hall–Kier alpha value is -3.84. The Morgan fingerprint density at radius 2 is 1.74 bits per heavy atom. The van der Waals surface area contributed by atoms with Crippen LogP contribution in [0.1, 0.15) is 40.1 Å². The van der Waals surface area contributed by atoms with E-state index in [1.54, 1.807) is 48.5 Å². The Kier molecular flexibility index (Phi) is 7.36. The van der Waals surface area contributed by atoms with Crippen LogP contribution in [0.2, 0.25) is 5.02 Å². The van der Waals surface area contributed by atoms with Crippen LogP contribution in [0.4, 0.5) is 10.5 Å². The van der Waals surface area contributed by atoms with Crippen molar-refractivity contribution in [3.63, 3.8) is 0 Å². The molecule has 0 aliphatic carbocycles. The number of anilines is 1. The first-order valence-corrected chi connectivity index (χ1v) is 11.7. The summed E-state index contributed by atoms with van der Waals surface area (Å²) >= 11 is 5.97. The first-order chi connectivity index (χ1) is 16.9. The highest BCUT2D eigenvalue weighted by Crippen LogP contribution is 2.34. The predicted octanol–water partition coefficient (Wildman–Crippen LogP) is 5.10. The topological polar surface area (TPSA) is 87.7 Å². The van der Waals surface area contributed by atoms with Crippen molar-refractivity contribution in [2.24, 2.45) is 0 Å². The number of rotatable bonds is 7. The molecule has 35 heavy (non-hydrogen) atoms. The van der Waals surface area contributed by atoms with Gasteiger partial charge in [-0.1, -0.05) is 59.6 Å². The maximum absolute atomic E-state index is 13.0. The molecule has 7 nitrogen and oxygen atoms in total. The van der Waals surface area contributed by atoms with E-state index < -0.39 is 18.2 Å². The average Bonchev–Trinajstić information content (AvgIpc) is 3.17. The number of cyclic esters (lactones) is 1. The fraction of sp³-hybridized carbons (Fsp3) is 0.222. The van der Waals surface area contributed by atoms with Gasteiger partial charge in [0.2, 0.25) is 5.91 Å². The number of likely N-dealkylation sites (N-methyl/N-ethyl adjacent to an activating group) is 1. The smallest absolute Gasteiger partial charge is 0.411 e. The van der Waals surface area contributed by atoms with Gasteiger partial charge in [-0.3, -0.25) is 14.5 Å². The standard InChI is InChI=1S/C27H26ClN3O4/c1-3-29-26(33)23-24(35-27(34)31(23)16-18-9-7-17(2)8-10-18)19-11-13-22(14-12-19)30-25(32)20-5-4-6-21(28)15-20/h4-15,23-24H,3,16H2,1-2H3,(H,29,33)(H,30,32)/t23-,24+/m0/s1. The molecule has 3 aromatic carbocycles. The molecular formula is C27H26ClN3O4. The fourth-order valence-corrected chi connectivity index (χ4v) is 4.16. The number of carbonyl (C=O) groups is 3. The first-order valence-electron chi connectivity index (χ1n) is 11.3. The van der Waals surface area contributed by atoms with E-state index in [2.05, 4.69) is 10.6 Å². The van der Waals surface area contributed by atoms with E-state index in [0.29, 0.717) is 28.4 Å². The molecule has 4 rings (SSSR count). The van der Waals surface area contributed by atoms with E-state index >= 15 is 0 Å². The third kappa shape index (κ3) is 5.63. The van der Waals surface area contributed by atoms with E-state index in [-0.39, 0.29) is 18.4 Å². The molecule has 0 radical (unpaired) electrons. The van der Waals surface area contributed by atoms with Crippen molar-refractivity contribution in [3.05, 3.63) is 100 Å². The van der Waals surface area contributed by atoms with Gasteiger partial charge in [-0.2, -0.15) is 0 Å². The van der Waals surface area contributed by atoms with Gasteiger partial charge in [0, 0.05) is 22.8 Å². The highest BCUT2D eigenvalue weighted by atomic mass is 35.5. The van der Waals surface area contributed by atoms with Crippen molar-refractivity contribution < 1.29 is 19.1 Å². The van der Waals surface area contributed by atoms with Gasteiger partial charge in [-0.15, -0.1) is 0 Å². The highest BCUT2D eigenvalue weighted by molar-refractivity contribution is 6.31. The maximum atomic E-state index is 13.0. The number of amides is 3. The largest absolute Gasteiger partial charge is 0.438 e. The van der Waals surface area contributed by atoms with Crippen LogP contribution in [0.15, 0.2) is 72.8 Å². The number of hydrogen-bond acceptors (Lipinski definition) is 4. The van der Waals surface area contributed by atoms with Crippen molar-refractivity contribution in [2.45, 2.75) is 32.5 Å². The number of carbonyl (C=O) groups excluding carboxylic acids is 3. The molecule has 1 aliphatic heterocycles. The summed E-state index contributed by atoms with van der Waals surface area (Å²) in [7, 11) is 0. The molecule has 1 saturated heterocycles. The van der Waals surface area contributed by atoms with Gasteiger partial charge in [0.1, 0.15) is 0 Å². The van der Waals surface area contributed by atoms with Gasteiger partial charge in [0.05, 0.1) is 6.54 Å². The zero-order valence-corrected chi connectivity index (χ0v) is 20.2. The van der Waals surface area contributed by atoms with Crippen LogP contribution in [0.5, 0.6) is 0 Å². The van der Waals surface area contributed by atoms with E-state index in [1.165, 1.54) is 4.90 Å². The van der Waals surface area contributed by atoms with Crippen molar-refractivity contribution in [1.29, 1.82) is 0 Å². The van der Waals surface area contributed by atoms with Gasteiger partial charge in [-0.05, 0) is 55.3 Å². The minimum Gasteiger partial charge on any atom is -0.438 e. The van der Waals surface area contributed by atoms with Crippen molar-refractivity contribution in [3.8, 4) is 0 Å². The predicted molar refractivity (Wildman–Crippen MR) is 134 cm³/mol. The SMILES string of the molecule is CCNC(=O)[C@@H]1[C@@H](c2ccc(NC(=O)c3cccc(Cl)c3)cc2)OC(=O)N1Cc1ccc(C)cc1. The second-order valence-electron chi connectivity index (χ2n) is 8.34. The zero-order valence-electron chi connectivity index (χ0n) is 19.5. The third-order valence-electron chi connectivity index (χ3n) is 5.76. The summed E-state index contributed by atoms with van der Waals surface area (Å²) in [6.45, 7) is 4.50. The lowest BCUT2D eigenvalue weighted by Crippen LogP contribution is -2.46. The minimum atomic E-state index is -0.823. The summed E-state index contributed by atoms with van der Waals surface area (Å²) < 4.78 is 5.66. The Bertz CT molecular complexity index is 1230. The zero-order chi connectivity index (χ0) is 24.9. The molecule has 2 N–H and O–H groups in total. The van der Waals surface area contributed by atoms with E-state index in [9.17, 15) is 14.4 Å². The molecule has 8 heteroatoms. The Morgan fingerprint density at radius 3 is 2.40 bits per heavy atom. The second-order valence-corrected chi connectivity index (χ2v) is 8.78. The molecule has 0 saturated carbocycles. The highest BCUT2D eigenvalue weighted by Gasteiger charge is 2.46. The summed E-state index contributed by atoms with van der Waals surface area (Å²) in [4.78, 5) is 39.7. The minimum absolute atomic E-state index is 0.255. The number of ether oxygens (including phenoxy) is 1. The summed E-state index contributed by atoms with van der Waals surface area (Å²) in [6.07, 6.45) is -1.33. The van der Waals surface area contributed by atoms with Crippen LogP contribution in [0.25, 0.3) is 0 Å². The number of aryl methyl sites for hydroxylation is 1. The molecule has 0 unspecified atom stereocenters. The lowest BCUT2D eigenvalue weighted by Gasteiger charge is -2.24. The normalized spacial score (nSPS) is 17.1. The van der Waals surface area contributed by atoms with Crippen LogP contribution >= 0.6 is 11.6 Å². The number of benzene rings is 3. The van der Waals surface area contributed by atoms with Crippen LogP contribution < -0.4 is 10.6 Å². The third-order valence-corrected chi connectivity index (χ3v) is 6.00. The van der Waals surface area contributed by atoms with Crippen LogP contribution in [-0.4, -0.2) is 35.4 Å². The summed E-state index contributed by atoms with van der Waals surface area (Å²) in [5.41, 5.74) is 3.67. The molecule has 1 aliphatic rings. The van der Waals surface area contributed by atoms with E-state index in [1.807, 2.05) is 38.1 Å². The Labute approximate surface area is 209 Å². The number of halogens is 1. The monoisotopic (exact) mass is 491 g/mol. The molecule has 3 aromatic rings. The maximum Gasteiger partial charge on any atom is 0.411 e. The quantitative estimate of drug-likeness (QED) is 0.481. The number of hydrogen-bond donors (Lipinski definition) is 2. The van der Waals surface area contributed by atoms with Crippen molar-refractivity contribution >= 4 is 35.2 Å². The van der Waals surface area contributed by atoms with Gasteiger partial charge >= 0.3 is 6.09 Å². The lowest BCUT2D eigenvalue weighted by molar-refractivity contribution is -0.126. The molecule has 3 amide bonds. The van der Waals surface area contributed by atoms with Gasteiger partial charge in [0.25, 0.3) is 5.91 Å². The molecule has 1 heterocycles. The lowest BCUT2D eigenvalue weighted by atomic mass is 10.00. The van der Waals surface area contributed by atoms with Crippen LogP contribution in [-0.2, 0) is 16.1 Å².